The van der Waals surface area contributed by atoms with Crippen LogP contribution in [0.15, 0.2) is 61.4 Å². The molecule has 148 valence electrons. The molecule has 7 nitrogen and oxygen atoms in total. The molecule has 0 N–H and O–H groups in total. The van der Waals surface area contributed by atoms with Crippen molar-refractivity contribution in [3.63, 3.8) is 0 Å². The molecule has 3 aromatic rings. The molecule has 0 radical (unpaired) electrons. The van der Waals surface area contributed by atoms with E-state index in [-0.39, 0.29) is 33.9 Å². The zero-order valence-electron chi connectivity index (χ0n) is 15.3. The number of aromatic nitrogens is 1. The Morgan fingerprint density at radius 1 is 1.11 bits per heavy atom. The van der Waals surface area contributed by atoms with E-state index >= 15 is 0 Å². The fourth-order valence-electron chi connectivity index (χ4n) is 3.25. The van der Waals surface area contributed by atoms with Gasteiger partial charge in [0.25, 0.3) is 5.89 Å². The van der Waals surface area contributed by atoms with E-state index in [9.17, 15) is 8.42 Å². The molecule has 0 amide bonds. The largest absolute Gasteiger partial charge is 0.459 e. The lowest BCUT2D eigenvalue weighted by molar-refractivity contribution is -0.00657. The van der Waals surface area contributed by atoms with Gasteiger partial charge in [-0.05, 0) is 50.2 Å². The van der Waals surface area contributed by atoms with Crippen molar-refractivity contribution in [1.29, 1.82) is 0 Å². The highest BCUT2D eigenvalue weighted by Gasteiger charge is 2.34. The first kappa shape index (κ1) is 19.0. The second-order valence-corrected chi connectivity index (χ2v) is 9.03. The number of oxazole rings is 1. The van der Waals surface area contributed by atoms with Gasteiger partial charge in [0.05, 0.1) is 23.4 Å². The summed E-state index contributed by atoms with van der Waals surface area (Å²) in [4.78, 5) is 6.22. The van der Waals surface area contributed by atoms with Gasteiger partial charge in [0.15, 0.2) is 5.76 Å². The van der Waals surface area contributed by atoms with E-state index in [1.165, 1.54) is 30.5 Å². The van der Waals surface area contributed by atoms with Crippen molar-refractivity contribution in [2.75, 3.05) is 18.0 Å². The molecule has 2 aromatic heterocycles. The molecule has 4 rings (SSSR count). The molecule has 28 heavy (non-hydrogen) atoms. The van der Waals surface area contributed by atoms with Crippen molar-refractivity contribution < 1.29 is 22.0 Å². The van der Waals surface area contributed by atoms with E-state index in [1.54, 1.807) is 12.1 Å². The second kappa shape index (κ2) is 7.27. The van der Waals surface area contributed by atoms with Crippen LogP contribution in [0, 0.1) is 0 Å². The maximum atomic E-state index is 13.3. The molecule has 1 aliphatic rings. The van der Waals surface area contributed by atoms with Gasteiger partial charge in [-0.2, -0.15) is 4.98 Å². The minimum atomic E-state index is -3.93. The number of hydrogen-bond donors (Lipinski definition) is 0. The number of halogens is 1. The van der Waals surface area contributed by atoms with Gasteiger partial charge in [0.2, 0.25) is 20.7 Å². The van der Waals surface area contributed by atoms with Gasteiger partial charge >= 0.3 is 0 Å². The molecular formula is C19H19ClN2O5S. The van der Waals surface area contributed by atoms with Gasteiger partial charge in [-0.1, -0.05) is 11.6 Å². The molecule has 1 saturated heterocycles. The van der Waals surface area contributed by atoms with Gasteiger partial charge < -0.3 is 18.5 Å². The highest BCUT2D eigenvalue weighted by Crippen LogP contribution is 2.36. The van der Waals surface area contributed by atoms with Crippen LogP contribution in [-0.2, 0) is 14.6 Å². The van der Waals surface area contributed by atoms with Crippen LogP contribution in [0.25, 0.3) is 11.7 Å². The summed E-state index contributed by atoms with van der Waals surface area (Å²) >= 11 is 5.90. The molecule has 0 spiro atoms. The topological polar surface area (TPSA) is 85.8 Å². The summed E-state index contributed by atoms with van der Waals surface area (Å²) in [5.74, 6) is 0.649. The maximum Gasteiger partial charge on any atom is 0.266 e. The summed E-state index contributed by atoms with van der Waals surface area (Å²) < 4.78 is 43.6. The van der Waals surface area contributed by atoms with Crippen molar-refractivity contribution in [1.82, 2.24) is 4.98 Å². The average molecular weight is 423 g/mol. The molecule has 1 fully saturated rings. The van der Waals surface area contributed by atoms with Crippen LogP contribution >= 0.6 is 11.6 Å². The summed E-state index contributed by atoms with van der Waals surface area (Å²) in [6.07, 6.45) is 1.32. The molecule has 0 saturated carbocycles. The zero-order chi connectivity index (χ0) is 19.9. The molecule has 0 bridgehead atoms. The monoisotopic (exact) mass is 422 g/mol. The van der Waals surface area contributed by atoms with Crippen molar-refractivity contribution in [2.24, 2.45) is 0 Å². The van der Waals surface area contributed by atoms with Gasteiger partial charge in [0, 0.05) is 18.1 Å². The minimum absolute atomic E-state index is 0.0769. The third kappa shape index (κ3) is 3.55. The standard InChI is InChI=1S/C19H19ClN2O5S/c1-12-10-22(11-13(2)26-12)19-18(21-17(27-19)16-4-3-9-25-16)28(23,24)15-7-5-14(20)6-8-15/h3-9,12-13H,10-11H2,1-2H3. The highest BCUT2D eigenvalue weighted by molar-refractivity contribution is 7.91. The van der Waals surface area contributed by atoms with Crippen LogP contribution in [-0.4, -0.2) is 38.7 Å². The Kier molecular flexibility index (Phi) is 4.95. The van der Waals surface area contributed by atoms with E-state index in [1.807, 2.05) is 18.7 Å². The Labute approximate surface area is 167 Å². The van der Waals surface area contributed by atoms with Crippen molar-refractivity contribution in [3.8, 4) is 11.7 Å². The number of nitrogens with zero attached hydrogens (tertiary/aromatic N) is 2. The predicted octanol–water partition coefficient (Wildman–Crippen LogP) is 4.03. The zero-order valence-corrected chi connectivity index (χ0v) is 16.9. The third-order valence-electron chi connectivity index (χ3n) is 4.40. The van der Waals surface area contributed by atoms with Gasteiger partial charge in [-0.15, -0.1) is 0 Å². The first-order valence-electron chi connectivity index (χ1n) is 8.80. The predicted molar refractivity (Wildman–Crippen MR) is 103 cm³/mol. The summed E-state index contributed by atoms with van der Waals surface area (Å²) in [5.41, 5.74) is 0. The minimum Gasteiger partial charge on any atom is -0.459 e. The molecular weight excluding hydrogens is 404 g/mol. The smallest absolute Gasteiger partial charge is 0.266 e. The SMILES string of the molecule is CC1CN(c2oc(-c3ccco3)nc2S(=O)(=O)c2ccc(Cl)cc2)CC(C)O1. The van der Waals surface area contributed by atoms with Crippen LogP contribution in [0.2, 0.25) is 5.02 Å². The van der Waals surface area contributed by atoms with E-state index in [0.717, 1.165) is 0 Å². The van der Waals surface area contributed by atoms with Crippen LogP contribution < -0.4 is 4.90 Å². The first-order chi connectivity index (χ1) is 13.3. The number of rotatable bonds is 4. The van der Waals surface area contributed by atoms with Crippen molar-refractivity contribution >= 4 is 27.3 Å². The Morgan fingerprint density at radius 3 is 2.39 bits per heavy atom. The van der Waals surface area contributed by atoms with E-state index < -0.39 is 9.84 Å². The fraction of sp³-hybridized carbons (Fsp3) is 0.316. The highest BCUT2D eigenvalue weighted by atomic mass is 35.5. The first-order valence-corrected chi connectivity index (χ1v) is 10.7. The van der Waals surface area contributed by atoms with Gasteiger partial charge in [0.1, 0.15) is 0 Å². The fourth-order valence-corrected chi connectivity index (χ4v) is 4.70. The van der Waals surface area contributed by atoms with Gasteiger partial charge in [-0.25, -0.2) is 8.42 Å². The summed E-state index contributed by atoms with van der Waals surface area (Å²) in [5, 5.41) is 0.300. The molecule has 1 aliphatic heterocycles. The summed E-state index contributed by atoms with van der Waals surface area (Å²) in [6, 6.07) is 9.31. The van der Waals surface area contributed by atoms with Crippen molar-refractivity contribution in [3.05, 3.63) is 47.7 Å². The van der Waals surface area contributed by atoms with Gasteiger partial charge in [-0.3, -0.25) is 0 Å². The molecule has 3 heterocycles. The normalized spacial score (nSPS) is 20.5. The summed E-state index contributed by atoms with van der Waals surface area (Å²) in [6.45, 7) is 4.83. The Morgan fingerprint density at radius 2 is 1.79 bits per heavy atom. The molecule has 1 aromatic carbocycles. The van der Waals surface area contributed by atoms with E-state index in [2.05, 4.69) is 4.98 Å². The van der Waals surface area contributed by atoms with Crippen LogP contribution in [0.1, 0.15) is 13.8 Å². The quantitative estimate of drug-likeness (QED) is 0.627. The molecule has 9 heteroatoms. The Bertz CT molecular complexity index is 1050. The number of morpholine rings is 1. The molecule has 2 unspecified atom stereocenters. The Balaban J connectivity index is 1.84. The number of ether oxygens (including phenoxy) is 1. The van der Waals surface area contributed by atoms with E-state index in [0.29, 0.717) is 23.9 Å². The number of furan rings is 1. The van der Waals surface area contributed by atoms with Crippen LogP contribution in [0.5, 0.6) is 0 Å². The van der Waals surface area contributed by atoms with Crippen LogP contribution in [0.4, 0.5) is 5.88 Å². The molecule has 0 aliphatic carbocycles. The third-order valence-corrected chi connectivity index (χ3v) is 6.32. The Hall–Kier alpha value is -2.29. The lowest BCUT2D eigenvalue weighted by atomic mass is 10.2. The molecule has 2 atom stereocenters. The maximum absolute atomic E-state index is 13.3. The van der Waals surface area contributed by atoms with Crippen molar-refractivity contribution in [2.45, 2.75) is 36.0 Å². The van der Waals surface area contributed by atoms with Crippen LogP contribution in [0.3, 0.4) is 0 Å². The number of hydrogen-bond acceptors (Lipinski definition) is 7. The summed E-state index contributed by atoms with van der Waals surface area (Å²) in [7, 11) is -3.93. The number of sulfone groups is 1. The number of benzene rings is 1. The number of anilines is 1. The average Bonchev–Trinajstić information content (AvgIpc) is 3.31. The lowest BCUT2D eigenvalue weighted by Gasteiger charge is -2.35. The lowest BCUT2D eigenvalue weighted by Crippen LogP contribution is -2.45. The van der Waals surface area contributed by atoms with E-state index in [4.69, 9.17) is 25.2 Å². The second-order valence-electron chi connectivity index (χ2n) is 6.73.